The van der Waals surface area contributed by atoms with Gasteiger partial charge in [0.05, 0.1) is 0 Å². The van der Waals surface area contributed by atoms with Gasteiger partial charge in [-0.15, -0.1) is 0 Å². The minimum atomic E-state index is -0.321. The van der Waals surface area contributed by atoms with E-state index >= 15 is 0 Å². The van der Waals surface area contributed by atoms with Crippen molar-refractivity contribution in [3.05, 3.63) is 28.2 Å². The van der Waals surface area contributed by atoms with Crippen molar-refractivity contribution in [3.63, 3.8) is 0 Å². The zero-order chi connectivity index (χ0) is 13.4. The van der Waals surface area contributed by atoms with Gasteiger partial charge in [0, 0.05) is 12.6 Å². The van der Waals surface area contributed by atoms with Crippen LogP contribution in [-0.4, -0.2) is 29.2 Å². The number of carbonyl (C=O) groups excluding carboxylic acids is 1. The van der Waals surface area contributed by atoms with E-state index in [0.29, 0.717) is 19.0 Å². The Morgan fingerprint density at radius 3 is 2.83 bits per heavy atom. The molecular weight excluding hydrogens is 232 g/mol. The quantitative estimate of drug-likeness (QED) is 0.648. The van der Waals surface area contributed by atoms with Crippen molar-refractivity contribution < 1.29 is 4.79 Å². The van der Waals surface area contributed by atoms with Gasteiger partial charge in [0.1, 0.15) is 5.69 Å². The van der Waals surface area contributed by atoms with Gasteiger partial charge in [0.25, 0.3) is 11.5 Å². The van der Waals surface area contributed by atoms with Crippen LogP contribution in [0.1, 0.15) is 36.7 Å². The lowest BCUT2D eigenvalue weighted by Gasteiger charge is -2.15. The molecule has 0 bridgehead atoms. The third-order valence-electron chi connectivity index (χ3n) is 2.73. The van der Waals surface area contributed by atoms with Gasteiger partial charge in [0.15, 0.2) is 0 Å². The Hall–Kier alpha value is -1.69. The number of carbonyl (C=O) groups is 1. The number of hydrogen-bond acceptors (Lipinski definition) is 4. The SMILES string of the molecule is CCCC(CCN)CNC(=O)c1ccc(=O)[nH]n1. The smallest absolute Gasteiger partial charge is 0.271 e. The summed E-state index contributed by atoms with van der Waals surface area (Å²) in [6.07, 6.45) is 3.00. The molecule has 0 radical (unpaired) electrons. The molecule has 4 N–H and O–H groups in total. The van der Waals surface area contributed by atoms with E-state index in [0.717, 1.165) is 19.3 Å². The van der Waals surface area contributed by atoms with E-state index < -0.39 is 0 Å². The molecule has 0 fully saturated rings. The largest absolute Gasteiger partial charge is 0.350 e. The Kier molecular flexibility index (Phi) is 6.07. The zero-order valence-electron chi connectivity index (χ0n) is 10.6. The fraction of sp³-hybridized carbons (Fsp3) is 0.583. The molecule has 1 amide bonds. The van der Waals surface area contributed by atoms with Gasteiger partial charge in [-0.25, -0.2) is 5.10 Å². The molecule has 6 nitrogen and oxygen atoms in total. The summed E-state index contributed by atoms with van der Waals surface area (Å²) < 4.78 is 0. The number of amides is 1. The highest BCUT2D eigenvalue weighted by molar-refractivity contribution is 5.91. The second kappa shape index (κ2) is 7.60. The Bertz CT molecular complexity index is 404. The van der Waals surface area contributed by atoms with Crippen molar-refractivity contribution in [2.24, 2.45) is 11.7 Å². The van der Waals surface area contributed by atoms with E-state index in [2.05, 4.69) is 22.4 Å². The van der Waals surface area contributed by atoms with Crippen molar-refractivity contribution in [1.29, 1.82) is 0 Å². The highest BCUT2D eigenvalue weighted by Crippen LogP contribution is 2.09. The summed E-state index contributed by atoms with van der Waals surface area (Å²) in [5, 5.41) is 8.72. The van der Waals surface area contributed by atoms with Crippen molar-refractivity contribution in [2.45, 2.75) is 26.2 Å². The summed E-state index contributed by atoms with van der Waals surface area (Å²) >= 11 is 0. The predicted octanol–water partition coefficient (Wildman–Crippen LogP) is 0.265. The number of nitrogens with one attached hydrogen (secondary N) is 2. The van der Waals surface area contributed by atoms with E-state index in [1.807, 2.05) is 0 Å². The molecule has 1 atom stereocenters. The fourth-order valence-electron chi connectivity index (χ4n) is 1.79. The molecule has 6 heteroatoms. The number of nitrogens with two attached hydrogens (primary N) is 1. The highest BCUT2D eigenvalue weighted by atomic mass is 16.2. The van der Waals surface area contributed by atoms with Gasteiger partial charge in [-0.1, -0.05) is 13.3 Å². The monoisotopic (exact) mass is 252 g/mol. The van der Waals surface area contributed by atoms with E-state index in [1.165, 1.54) is 12.1 Å². The van der Waals surface area contributed by atoms with Crippen LogP contribution in [0, 0.1) is 5.92 Å². The van der Waals surface area contributed by atoms with Gasteiger partial charge in [-0.2, -0.15) is 5.10 Å². The van der Waals surface area contributed by atoms with Crippen LogP contribution >= 0.6 is 0 Å². The van der Waals surface area contributed by atoms with Crippen LogP contribution in [0.3, 0.4) is 0 Å². The second-order valence-electron chi connectivity index (χ2n) is 4.25. The van der Waals surface area contributed by atoms with Crippen LogP contribution in [0.4, 0.5) is 0 Å². The van der Waals surface area contributed by atoms with Crippen molar-refractivity contribution in [2.75, 3.05) is 13.1 Å². The number of aromatic nitrogens is 2. The number of rotatable bonds is 7. The Balaban J connectivity index is 2.48. The first-order valence-corrected chi connectivity index (χ1v) is 6.21. The maximum Gasteiger partial charge on any atom is 0.271 e. The first-order chi connectivity index (χ1) is 8.67. The molecule has 0 saturated carbocycles. The first-order valence-electron chi connectivity index (χ1n) is 6.21. The van der Waals surface area contributed by atoms with Crippen LogP contribution in [0.15, 0.2) is 16.9 Å². The molecular formula is C12H20N4O2. The number of aromatic amines is 1. The minimum absolute atomic E-state index is 0.220. The Morgan fingerprint density at radius 1 is 1.50 bits per heavy atom. The highest BCUT2D eigenvalue weighted by Gasteiger charge is 2.11. The number of nitrogens with zero attached hydrogens (tertiary/aromatic N) is 1. The van der Waals surface area contributed by atoms with Gasteiger partial charge < -0.3 is 11.1 Å². The molecule has 0 aliphatic heterocycles. The fourth-order valence-corrected chi connectivity index (χ4v) is 1.79. The molecule has 1 rings (SSSR count). The molecule has 1 aromatic heterocycles. The standard InChI is InChI=1S/C12H20N4O2/c1-2-3-9(6-7-13)8-14-12(18)10-4-5-11(17)16-15-10/h4-5,9H,2-3,6-8,13H2,1H3,(H,14,18)(H,16,17). The molecule has 0 saturated heterocycles. The third kappa shape index (κ3) is 4.67. The van der Waals surface area contributed by atoms with Crippen LogP contribution < -0.4 is 16.6 Å². The van der Waals surface area contributed by atoms with Crippen molar-refractivity contribution >= 4 is 5.91 Å². The molecule has 100 valence electrons. The van der Waals surface area contributed by atoms with E-state index in [-0.39, 0.29) is 17.2 Å². The maximum atomic E-state index is 11.7. The lowest BCUT2D eigenvalue weighted by atomic mass is 10.00. The van der Waals surface area contributed by atoms with E-state index in [1.54, 1.807) is 0 Å². The van der Waals surface area contributed by atoms with Gasteiger partial charge >= 0.3 is 0 Å². The van der Waals surface area contributed by atoms with E-state index in [4.69, 9.17) is 5.73 Å². The summed E-state index contributed by atoms with van der Waals surface area (Å²) in [7, 11) is 0. The average molecular weight is 252 g/mol. The van der Waals surface area contributed by atoms with Crippen molar-refractivity contribution in [1.82, 2.24) is 15.5 Å². The Morgan fingerprint density at radius 2 is 2.28 bits per heavy atom. The second-order valence-corrected chi connectivity index (χ2v) is 4.25. The summed E-state index contributed by atoms with van der Waals surface area (Å²) in [5.74, 6) is 0.121. The zero-order valence-corrected chi connectivity index (χ0v) is 10.6. The molecule has 18 heavy (non-hydrogen) atoms. The lowest BCUT2D eigenvalue weighted by molar-refractivity contribution is 0.0939. The summed E-state index contributed by atoms with van der Waals surface area (Å²) in [6, 6.07) is 2.69. The molecule has 1 unspecified atom stereocenters. The van der Waals surface area contributed by atoms with Gasteiger partial charge in [0.2, 0.25) is 0 Å². The Labute approximate surface area is 106 Å². The summed E-state index contributed by atoms with van der Waals surface area (Å²) in [6.45, 7) is 3.32. The van der Waals surface area contributed by atoms with Gasteiger partial charge in [-0.05, 0) is 31.4 Å². The molecule has 0 aromatic carbocycles. The van der Waals surface area contributed by atoms with Crippen LogP contribution in [0.25, 0.3) is 0 Å². The van der Waals surface area contributed by atoms with Crippen LogP contribution in [0.2, 0.25) is 0 Å². The molecule has 0 spiro atoms. The number of hydrogen-bond donors (Lipinski definition) is 3. The topological polar surface area (TPSA) is 101 Å². The predicted molar refractivity (Wildman–Crippen MR) is 69.3 cm³/mol. The average Bonchev–Trinajstić information content (AvgIpc) is 2.37. The van der Waals surface area contributed by atoms with E-state index in [9.17, 15) is 9.59 Å². The molecule has 0 aliphatic rings. The maximum absolute atomic E-state index is 11.7. The van der Waals surface area contributed by atoms with Crippen LogP contribution in [0.5, 0.6) is 0 Å². The lowest BCUT2D eigenvalue weighted by Crippen LogP contribution is -2.31. The van der Waals surface area contributed by atoms with Crippen molar-refractivity contribution in [3.8, 4) is 0 Å². The first kappa shape index (κ1) is 14.4. The number of H-pyrrole nitrogens is 1. The molecule has 1 heterocycles. The van der Waals surface area contributed by atoms with Crippen LogP contribution in [-0.2, 0) is 0 Å². The minimum Gasteiger partial charge on any atom is -0.350 e. The van der Waals surface area contributed by atoms with Gasteiger partial charge in [-0.3, -0.25) is 9.59 Å². The third-order valence-corrected chi connectivity index (χ3v) is 2.73. The summed E-state index contributed by atoms with van der Waals surface area (Å²) in [4.78, 5) is 22.6. The normalized spacial score (nSPS) is 12.1. The summed E-state index contributed by atoms with van der Waals surface area (Å²) in [5.41, 5.74) is 5.43. The molecule has 1 aromatic rings. The molecule has 0 aliphatic carbocycles.